The lowest BCUT2D eigenvalue weighted by Gasteiger charge is -2.24. The van der Waals surface area contributed by atoms with Crippen molar-refractivity contribution in [3.8, 4) is 16.9 Å². The molecule has 0 saturated heterocycles. The van der Waals surface area contributed by atoms with E-state index in [1.807, 2.05) is 19.1 Å². The number of aromatic hydroxyl groups is 1. The molecule has 0 fully saturated rings. The summed E-state index contributed by atoms with van der Waals surface area (Å²) in [6, 6.07) is 10.0. The van der Waals surface area contributed by atoms with Crippen molar-refractivity contribution >= 4 is 16.9 Å². The molecule has 3 aromatic rings. The number of aryl methyl sites for hydroxylation is 1. The molecular formula is C24H26FNO3. The summed E-state index contributed by atoms with van der Waals surface area (Å²) in [5, 5.41) is 10.9. The van der Waals surface area contributed by atoms with Crippen molar-refractivity contribution in [3.63, 3.8) is 0 Å². The second-order valence-corrected chi connectivity index (χ2v) is 7.59. The summed E-state index contributed by atoms with van der Waals surface area (Å²) in [4.78, 5) is 17.3. The van der Waals surface area contributed by atoms with Gasteiger partial charge in [0.2, 0.25) is 0 Å². The maximum atomic E-state index is 13.9. The summed E-state index contributed by atoms with van der Waals surface area (Å²) in [6.45, 7) is 7.75. The SMILES string of the molecule is CCC(C(=O)OC)c1nc2cc(O)ccc2c(-c2ccc(F)c(C)c2)c1C(C)C. The Morgan fingerprint density at radius 2 is 1.93 bits per heavy atom. The molecule has 0 saturated carbocycles. The summed E-state index contributed by atoms with van der Waals surface area (Å²) < 4.78 is 19.0. The number of aromatic nitrogens is 1. The molecule has 4 nitrogen and oxygen atoms in total. The highest BCUT2D eigenvalue weighted by atomic mass is 19.1. The molecule has 0 spiro atoms. The maximum absolute atomic E-state index is 13.9. The molecule has 152 valence electrons. The lowest BCUT2D eigenvalue weighted by molar-refractivity contribution is -0.142. The van der Waals surface area contributed by atoms with Gasteiger partial charge in [-0.2, -0.15) is 0 Å². The fourth-order valence-electron chi connectivity index (χ4n) is 3.86. The topological polar surface area (TPSA) is 59.4 Å². The van der Waals surface area contributed by atoms with Crippen LogP contribution in [0.3, 0.4) is 0 Å². The maximum Gasteiger partial charge on any atom is 0.314 e. The van der Waals surface area contributed by atoms with Crippen LogP contribution in [0.4, 0.5) is 4.39 Å². The van der Waals surface area contributed by atoms with Crippen molar-refractivity contribution in [2.75, 3.05) is 7.11 Å². The minimum Gasteiger partial charge on any atom is -0.508 e. The number of rotatable bonds is 5. The number of benzene rings is 2. The van der Waals surface area contributed by atoms with Crippen LogP contribution in [0.5, 0.6) is 5.75 Å². The minimum absolute atomic E-state index is 0.0646. The number of phenols is 1. The third-order valence-corrected chi connectivity index (χ3v) is 5.28. The Hall–Kier alpha value is -2.95. The van der Waals surface area contributed by atoms with Crippen molar-refractivity contribution in [3.05, 3.63) is 59.0 Å². The number of ether oxygens (including phenoxy) is 1. The molecule has 1 N–H and O–H groups in total. The van der Waals surface area contributed by atoms with Crippen LogP contribution < -0.4 is 0 Å². The summed E-state index contributed by atoms with van der Waals surface area (Å²) >= 11 is 0. The second kappa shape index (κ2) is 8.19. The third kappa shape index (κ3) is 3.82. The summed E-state index contributed by atoms with van der Waals surface area (Å²) in [5.74, 6) is -0.973. The number of halogens is 1. The van der Waals surface area contributed by atoms with E-state index in [0.717, 1.165) is 22.1 Å². The zero-order chi connectivity index (χ0) is 21.3. The smallest absolute Gasteiger partial charge is 0.314 e. The Balaban J connectivity index is 2.47. The van der Waals surface area contributed by atoms with E-state index < -0.39 is 5.92 Å². The Kier molecular flexibility index (Phi) is 5.87. The number of pyridine rings is 1. The van der Waals surface area contributed by atoms with E-state index in [0.29, 0.717) is 23.2 Å². The van der Waals surface area contributed by atoms with Crippen LogP contribution in [0.15, 0.2) is 36.4 Å². The van der Waals surface area contributed by atoms with Crippen molar-refractivity contribution in [2.24, 2.45) is 0 Å². The number of nitrogens with zero attached hydrogens (tertiary/aromatic N) is 1. The van der Waals surface area contributed by atoms with Crippen LogP contribution >= 0.6 is 0 Å². The van der Waals surface area contributed by atoms with Gasteiger partial charge < -0.3 is 9.84 Å². The van der Waals surface area contributed by atoms with Crippen LogP contribution in [0, 0.1) is 12.7 Å². The Morgan fingerprint density at radius 1 is 1.21 bits per heavy atom. The van der Waals surface area contributed by atoms with Crippen molar-refractivity contribution in [1.82, 2.24) is 4.98 Å². The van der Waals surface area contributed by atoms with E-state index in [9.17, 15) is 14.3 Å². The lowest BCUT2D eigenvalue weighted by atomic mass is 9.83. The van der Waals surface area contributed by atoms with Gasteiger partial charge in [0, 0.05) is 11.5 Å². The Morgan fingerprint density at radius 3 is 2.52 bits per heavy atom. The molecule has 0 bridgehead atoms. The van der Waals surface area contributed by atoms with E-state index in [4.69, 9.17) is 9.72 Å². The normalized spacial score (nSPS) is 12.4. The molecule has 1 atom stereocenters. The molecule has 1 aromatic heterocycles. The van der Waals surface area contributed by atoms with E-state index in [1.54, 1.807) is 25.1 Å². The van der Waals surface area contributed by atoms with Crippen molar-refractivity contribution < 1.29 is 19.0 Å². The molecule has 29 heavy (non-hydrogen) atoms. The second-order valence-electron chi connectivity index (χ2n) is 7.59. The predicted molar refractivity (Wildman–Crippen MR) is 113 cm³/mol. The first kappa shape index (κ1) is 20.8. The monoisotopic (exact) mass is 395 g/mol. The van der Waals surface area contributed by atoms with Gasteiger partial charge in [0.25, 0.3) is 0 Å². The molecule has 1 unspecified atom stereocenters. The number of carbonyl (C=O) groups is 1. The molecule has 0 aliphatic rings. The molecule has 0 aliphatic heterocycles. The number of fused-ring (bicyclic) bond motifs is 1. The van der Waals surface area contributed by atoms with Gasteiger partial charge in [0.05, 0.1) is 24.2 Å². The van der Waals surface area contributed by atoms with Gasteiger partial charge in [-0.1, -0.05) is 26.8 Å². The van der Waals surface area contributed by atoms with Gasteiger partial charge in [-0.05, 0) is 65.8 Å². The lowest BCUT2D eigenvalue weighted by Crippen LogP contribution is -2.18. The third-order valence-electron chi connectivity index (χ3n) is 5.28. The van der Waals surface area contributed by atoms with Crippen LogP contribution in [0.1, 0.15) is 55.8 Å². The average molecular weight is 395 g/mol. The van der Waals surface area contributed by atoms with E-state index in [2.05, 4.69) is 13.8 Å². The van der Waals surface area contributed by atoms with E-state index in [1.165, 1.54) is 13.2 Å². The van der Waals surface area contributed by atoms with Crippen LogP contribution in [-0.4, -0.2) is 23.2 Å². The first-order chi connectivity index (χ1) is 13.8. The highest BCUT2D eigenvalue weighted by Crippen LogP contribution is 2.41. The quantitative estimate of drug-likeness (QED) is 0.551. The number of phenolic OH excluding ortho intramolecular Hbond substituents is 1. The number of hydrogen-bond donors (Lipinski definition) is 1. The average Bonchev–Trinajstić information content (AvgIpc) is 2.69. The molecule has 0 aliphatic carbocycles. The molecule has 1 heterocycles. The zero-order valence-electron chi connectivity index (χ0n) is 17.4. The van der Waals surface area contributed by atoms with Gasteiger partial charge >= 0.3 is 5.97 Å². The molecule has 2 aromatic carbocycles. The fraction of sp³-hybridized carbons (Fsp3) is 0.333. The number of hydrogen-bond acceptors (Lipinski definition) is 4. The van der Waals surface area contributed by atoms with Gasteiger partial charge in [-0.25, -0.2) is 4.39 Å². The van der Waals surface area contributed by atoms with Gasteiger partial charge in [-0.15, -0.1) is 0 Å². The predicted octanol–water partition coefficient (Wildman–Crippen LogP) is 5.84. The van der Waals surface area contributed by atoms with E-state index in [-0.39, 0.29) is 23.5 Å². The van der Waals surface area contributed by atoms with E-state index >= 15 is 0 Å². The summed E-state index contributed by atoms with van der Waals surface area (Å²) in [6.07, 6.45) is 0.533. The molecule has 0 amide bonds. The highest BCUT2D eigenvalue weighted by Gasteiger charge is 2.29. The zero-order valence-corrected chi connectivity index (χ0v) is 17.4. The Labute approximate surface area is 170 Å². The minimum atomic E-state index is -0.524. The fourth-order valence-corrected chi connectivity index (χ4v) is 3.86. The largest absolute Gasteiger partial charge is 0.508 e. The summed E-state index contributed by atoms with van der Waals surface area (Å²) in [5.41, 5.74) is 4.47. The highest BCUT2D eigenvalue weighted by molar-refractivity contribution is 5.98. The number of carbonyl (C=O) groups excluding carboxylic acids is 1. The number of methoxy groups -OCH3 is 1. The van der Waals surface area contributed by atoms with Crippen LogP contribution in [-0.2, 0) is 9.53 Å². The van der Waals surface area contributed by atoms with Crippen molar-refractivity contribution in [2.45, 2.75) is 46.0 Å². The first-order valence-corrected chi connectivity index (χ1v) is 9.79. The van der Waals surface area contributed by atoms with Crippen molar-refractivity contribution in [1.29, 1.82) is 0 Å². The molecular weight excluding hydrogens is 369 g/mol. The number of esters is 1. The van der Waals surface area contributed by atoms with Gasteiger partial charge in [0.1, 0.15) is 11.6 Å². The standard InChI is InChI=1S/C24H26FNO3/c1-6-17(24(28)29-5)23-21(13(2)3)22(15-7-10-19(25)14(4)11-15)18-9-8-16(27)12-20(18)26-23/h7-13,17,27H,6H2,1-5H3. The van der Waals surface area contributed by atoms with Crippen LogP contribution in [0.2, 0.25) is 0 Å². The molecule has 0 radical (unpaired) electrons. The first-order valence-electron chi connectivity index (χ1n) is 9.79. The summed E-state index contributed by atoms with van der Waals surface area (Å²) in [7, 11) is 1.37. The van der Waals surface area contributed by atoms with Crippen LogP contribution in [0.25, 0.3) is 22.0 Å². The van der Waals surface area contributed by atoms with Gasteiger partial charge in [0.15, 0.2) is 0 Å². The van der Waals surface area contributed by atoms with Gasteiger partial charge in [-0.3, -0.25) is 9.78 Å². The molecule has 3 rings (SSSR count). The Bertz CT molecular complexity index is 1080. The molecule has 5 heteroatoms.